The van der Waals surface area contributed by atoms with Crippen molar-refractivity contribution in [3.8, 4) is 28.6 Å². The first-order valence-electron chi connectivity index (χ1n) is 9.48. The van der Waals surface area contributed by atoms with Gasteiger partial charge >= 0.3 is 0 Å². The molecule has 0 saturated carbocycles. The molecule has 1 amide bonds. The van der Waals surface area contributed by atoms with Gasteiger partial charge in [0.05, 0.1) is 5.56 Å². The van der Waals surface area contributed by atoms with Crippen LogP contribution in [0.1, 0.15) is 11.1 Å². The van der Waals surface area contributed by atoms with Gasteiger partial charge in [-0.3, -0.25) is 9.78 Å². The number of para-hydroxylation sites is 1. The Kier molecular flexibility index (Phi) is 5.80. The number of nitrogens with zero attached hydrogens (tertiary/aromatic N) is 3. The Labute approximate surface area is 173 Å². The van der Waals surface area contributed by atoms with Gasteiger partial charge in [0.2, 0.25) is 5.82 Å². The highest BCUT2D eigenvalue weighted by atomic mass is 16.5. The highest BCUT2D eigenvalue weighted by Gasteiger charge is 2.16. The number of amides is 1. The van der Waals surface area contributed by atoms with Crippen LogP contribution in [0.15, 0.2) is 77.6 Å². The Hall–Kier alpha value is -4.00. The molecule has 0 unspecified atom stereocenters. The molecule has 0 radical (unpaired) electrons. The third-order valence-electron chi connectivity index (χ3n) is 4.50. The van der Waals surface area contributed by atoms with Gasteiger partial charge in [-0.15, -0.1) is 0 Å². The average molecular weight is 400 g/mol. The number of ether oxygens (including phenoxy) is 1. The average Bonchev–Trinajstić information content (AvgIpc) is 3.27. The Morgan fingerprint density at radius 2 is 1.83 bits per heavy atom. The summed E-state index contributed by atoms with van der Waals surface area (Å²) >= 11 is 0. The van der Waals surface area contributed by atoms with Gasteiger partial charge in [-0.2, -0.15) is 4.98 Å². The quantitative estimate of drug-likeness (QED) is 0.507. The van der Waals surface area contributed by atoms with Crippen LogP contribution >= 0.6 is 0 Å². The summed E-state index contributed by atoms with van der Waals surface area (Å²) in [5.74, 6) is 1.10. The molecule has 0 saturated heterocycles. The summed E-state index contributed by atoms with van der Waals surface area (Å²) in [6, 6.07) is 18.8. The smallest absolute Gasteiger partial charge is 0.262 e. The number of hydrogen-bond acceptors (Lipinski definition) is 6. The minimum absolute atomic E-state index is 0.129. The van der Waals surface area contributed by atoms with Crippen LogP contribution in [-0.4, -0.2) is 27.6 Å². The van der Waals surface area contributed by atoms with Crippen molar-refractivity contribution < 1.29 is 14.1 Å². The molecule has 30 heavy (non-hydrogen) atoms. The zero-order valence-corrected chi connectivity index (χ0v) is 16.4. The fourth-order valence-electron chi connectivity index (χ4n) is 2.93. The van der Waals surface area contributed by atoms with Crippen LogP contribution in [0.25, 0.3) is 22.8 Å². The molecule has 150 valence electrons. The summed E-state index contributed by atoms with van der Waals surface area (Å²) < 4.78 is 11.2. The molecule has 0 aliphatic rings. The second kappa shape index (κ2) is 9.00. The van der Waals surface area contributed by atoms with Gasteiger partial charge in [-0.25, -0.2) is 0 Å². The number of carbonyl (C=O) groups excluding carboxylic acids is 1. The molecule has 1 N–H and O–H groups in total. The number of aryl methyl sites for hydroxylation is 1. The summed E-state index contributed by atoms with van der Waals surface area (Å²) in [5.41, 5.74) is 3.51. The predicted molar refractivity (Wildman–Crippen MR) is 111 cm³/mol. The number of aromatic nitrogens is 3. The zero-order valence-electron chi connectivity index (χ0n) is 16.4. The molecule has 7 nitrogen and oxygen atoms in total. The maximum Gasteiger partial charge on any atom is 0.262 e. The third kappa shape index (κ3) is 4.52. The number of nitrogens with one attached hydrogen (secondary N) is 1. The van der Waals surface area contributed by atoms with E-state index in [1.165, 1.54) is 0 Å². The SMILES string of the molecule is Cc1ccccc1-c1noc(-c2ccccc2OCC(=O)NCc2cccnc2)n1. The second-order valence-corrected chi connectivity index (χ2v) is 6.66. The van der Waals surface area contributed by atoms with Crippen molar-refractivity contribution in [3.05, 3.63) is 84.2 Å². The lowest BCUT2D eigenvalue weighted by Gasteiger charge is -2.09. The molecule has 0 aliphatic carbocycles. The number of benzene rings is 2. The Bertz CT molecular complexity index is 1140. The summed E-state index contributed by atoms with van der Waals surface area (Å²) in [4.78, 5) is 20.7. The Morgan fingerprint density at radius 1 is 1.03 bits per heavy atom. The van der Waals surface area contributed by atoms with Crippen LogP contribution in [-0.2, 0) is 11.3 Å². The monoisotopic (exact) mass is 400 g/mol. The lowest BCUT2D eigenvalue weighted by molar-refractivity contribution is -0.123. The van der Waals surface area contributed by atoms with Gasteiger partial charge in [0, 0.05) is 24.5 Å². The lowest BCUT2D eigenvalue weighted by atomic mass is 10.1. The molecule has 0 atom stereocenters. The largest absolute Gasteiger partial charge is 0.483 e. The minimum atomic E-state index is -0.236. The molecule has 0 aliphatic heterocycles. The van der Waals surface area contributed by atoms with E-state index in [0.29, 0.717) is 29.6 Å². The van der Waals surface area contributed by atoms with E-state index in [0.717, 1.165) is 16.7 Å². The maximum absolute atomic E-state index is 12.2. The van der Waals surface area contributed by atoms with Gasteiger partial charge in [-0.1, -0.05) is 47.6 Å². The summed E-state index contributed by atoms with van der Waals surface area (Å²) in [5, 5.41) is 6.90. The van der Waals surface area contributed by atoms with Crippen molar-refractivity contribution >= 4 is 5.91 Å². The van der Waals surface area contributed by atoms with E-state index >= 15 is 0 Å². The molecule has 7 heteroatoms. The number of hydrogen-bond donors (Lipinski definition) is 1. The van der Waals surface area contributed by atoms with E-state index in [-0.39, 0.29) is 12.5 Å². The van der Waals surface area contributed by atoms with Gasteiger partial charge in [0.25, 0.3) is 11.8 Å². The van der Waals surface area contributed by atoms with Crippen molar-refractivity contribution in [3.63, 3.8) is 0 Å². The highest BCUT2D eigenvalue weighted by Crippen LogP contribution is 2.30. The summed E-state index contributed by atoms with van der Waals surface area (Å²) in [6.45, 7) is 2.25. The lowest BCUT2D eigenvalue weighted by Crippen LogP contribution is -2.28. The Balaban J connectivity index is 1.44. The van der Waals surface area contributed by atoms with E-state index in [4.69, 9.17) is 9.26 Å². The number of carbonyl (C=O) groups is 1. The summed E-state index contributed by atoms with van der Waals surface area (Å²) in [7, 11) is 0. The van der Waals surface area contributed by atoms with Crippen molar-refractivity contribution in [2.45, 2.75) is 13.5 Å². The first kappa shape index (κ1) is 19.3. The normalized spacial score (nSPS) is 10.6. The van der Waals surface area contributed by atoms with E-state index in [2.05, 4.69) is 20.4 Å². The molecule has 4 rings (SSSR count). The topological polar surface area (TPSA) is 90.1 Å². The minimum Gasteiger partial charge on any atom is -0.483 e. The predicted octanol–water partition coefficient (Wildman–Crippen LogP) is 3.80. The zero-order chi connectivity index (χ0) is 20.8. The van der Waals surface area contributed by atoms with Crippen LogP contribution < -0.4 is 10.1 Å². The van der Waals surface area contributed by atoms with E-state index in [9.17, 15) is 4.79 Å². The molecular formula is C23H20N4O3. The second-order valence-electron chi connectivity index (χ2n) is 6.66. The molecule has 0 bridgehead atoms. The highest BCUT2D eigenvalue weighted by molar-refractivity contribution is 5.78. The van der Waals surface area contributed by atoms with E-state index < -0.39 is 0 Å². The molecule has 0 spiro atoms. The standard InChI is InChI=1S/C23H20N4O3/c1-16-7-2-3-9-18(16)22-26-23(30-27-22)19-10-4-5-11-20(19)29-15-21(28)25-14-17-8-6-12-24-13-17/h2-13H,14-15H2,1H3,(H,25,28). The Morgan fingerprint density at radius 3 is 2.63 bits per heavy atom. The molecule has 2 aromatic heterocycles. The van der Waals surface area contributed by atoms with Crippen LogP contribution in [0.5, 0.6) is 5.75 Å². The van der Waals surface area contributed by atoms with Gasteiger partial charge in [0.1, 0.15) is 5.75 Å². The first-order chi connectivity index (χ1) is 14.7. The van der Waals surface area contributed by atoms with Crippen molar-refractivity contribution in [1.29, 1.82) is 0 Å². The third-order valence-corrected chi connectivity index (χ3v) is 4.50. The van der Waals surface area contributed by atoms with Crippen LogP contribution in [0.4, 0.5) is 0 Å². The van der Waals surface area contributed by atoms with Gasteiger partial charge < -0.3 is 14.6 Å². The summed E-state index contributed by atoms with van der Waals surface area (Å²) in [6.07, 6.45) is 3.39. The van der Waals surface area contributed by atoms with E-state index in [1.807, 2.05) is 61.5 Å². The van der Waals surface area contributed by atoms with Crippen LogP contribution in [0.3, 0.4) is 0 Å². The molecule has 2 heterocycles. The van der Waals surface area contributed by atoms with Crippen molar-refractivity contribution in [2.24, 2.45) is 0 Å². The first-order valence-corrected chi connectivity index (χ1v) is 9.48. The van der Waals surface area contributed by atoms with Gasteiger partial charge in [0.15, 0.2) is 6.61 Å². The van der Waals surface area contributed by atoms with Crippen LogP contribution in [0, 0.1) is 6.92 Å². The molecule has 2 aromatic carbocycles. The van der Waals surface area contributed by atoms with Gasteiger partial charge in [-0.05, 0) is 36.2 Å². The number of rotatable bonds is 7. The molecule has 0 fully saturated rings. The van der Waals surface area contributed by atoms with Crippen molar-refractivity contribution in [1.82, 2.24) is 20.4 Å². The molecular weight excluding hydrogens is 380 g/mol. The van der Waals surface area contributed by atoms with Crippen LogP contribution in [0.2, 0.25) is 0 Å². The maximum atomic E-state index is 12.2. The fraction of sp³-hybridized carbons (Fsp3) is 0.130. The van der Waals surface area contributed by atoms with Crippen molar-refractivity contribution in [2.75, 3.05) is 6.61 Å². The number of pyridine rings is 1. The fourth-order valence-corrected chi connectivity index (χ4v) is 2.93. The van der Waals surface area contributed by atoms with E-state index in [1.54, 1.807) is 18.5 Å². The molecule has 4 aromatic rings.